The number of nitrogens with one attached hydrogen (secondary N) is 1. The molecule has 27 heavy (non-hydrogen) atoms. The van der Waals surface area contributed by atoms with Gasteiger partial charge in [-0.1, -0.05) is 55.5 Å². The van der Waals surface area contributed by atoms with Gasteiger partial charge in [-0.15, -0.1) is 0 Å². The quantitative estimate of drug-likeness (QED) is 0.427. The molecule has 150 valence electrons. The van der Waals surface area contributed by atoms with E-state index in [1.165, 1.54) is 4.90 Å². The summed E-state index contributed by atoms with van der Waals surface area (Å²) in [7, 11) is 0. The minimum absolute atomic E-state index is 0.0178. The summed E-state index contributed by atoms with van der Waals surface area (Å²) < 4.78 is 37.6. The van der Waals surface area contributed by atoms with Gasteiger partial charge in [-0.05, 0) is 30.4 Å². The van der Waals surface area contributed by atoms with Crippen LogP contribution in [0, 0.1) is 11.3 Å². The third kappa shape index (κ3) is 7.50. The van der Waals surface area contributed by atoms with Gasteiger partial charge in [-0.25, -0.2) is 9.69 Å². The van der Waals surface area contributed by atoms with Crippen molar-refractivity contribution in [3.8, 4) is 0 Å². The molecule has 0 heterocycles. The van der Waals surface area contributed by atoms with Gasteiger partial charge in [-0.2, -0.15) is 13.2 Å². The van der Waals surface area contributed by atoms with E-state index in [4.69, 9.17) is 17.0 Å². The zero-order chi connectivity index (χ0) is 19.9. The topological polar surface area (TPSA) is 60.8 Å². The molecule has 2 amide bonds. The molecule has 0 saturated heterocycles. The average molecular weight is 405 g/mol. The van der Waals surface area contributed by atoms with Crippen LogP contribution in [-0.4, -0.2) is 36.0 Å². The maximum atomic E-state index is 12.5. The summed E-state index contributed by atoms with van der Waals surface area (Å²) in [4.78, 5) is 13.7. The summed E-state index contributed by atoms with van der Waals surface area (Å²) in [5.74, 6) is 0.193. The molecule has 2 rings (SSSR count). The number of nitrogens with zero attached hydrogens (tertiary/aromatic N) is 1. The number of quaternary nitrogens is 1. The molecule has 1 aromatic rings. The predicted octanol–water partition coefficient (Wildman–Crippen LogP) is 4.38. The molecule has 1 fully saturated rings. The molecule has 0 unspecified atom stereocenters. The zero-order valence-corrected chi connectivity index (χ0v) is 16.0. The van der Waals surface area contributed by atoms with Crippen LogP contribution in [0.5, 0.6) is 0 Å². The molecule has 0 aliphatic heterocycles. The normalized spacial score (nSPS) is 16.0. The van der Waals surface area contributed by atoms with Crippen LogP contribution in [0.2, 0.25) is 5.02 Å². The van der Waals surface area contributed by atoms with E-state index in [0.717, 1.165) is 38.5 Å². The molecule has 0 spiro atoms. The molecular weight excluding hydrogens is 379 g/mol. The first kappa shape index (κ1) is 21.7. The molecule has 0 aromatic heterocycles. The Labute approximate surface area is 162 Å². The summed E-state index contributed by atoms with van der Waals surface area (Å²) in [6.07, 6.45) is 1.93. The zero-order valence-electron chi connectivity index (χ0n) is 15.2. The van der Waals surface area contributed by atoms with Crippen LogP contribution < -0.4 is 5.32 Å². The smallest absolute Gasteiger partial charge is 0.288 e. The number of amides is 2. The van der Waals surface area contributed by atoms with E-state index in [1.807, 2.05) is 0 Å². The maximum Gasteiger partial charge on any atom is 0.438 e. The fourth-order valence-corrected chi connectivity index (χ4v) is 3.57. The molecular formula is C19H26ClF3N3O+. The molecule has 1 saturated carbocycles. The maximum absolute atomic E-state index is 12.5. The lowest BCUT2D eigenvalue weighted by Gasteiger charge is -2.26. The Hall–Kier alpha value is -1.60. The van der Waals surface area contributed by atoms with Gasteiger partial charge in [0.05, 0.1) is 0 Å². The number of halogens is 4. The van der Waals surface area contributed by atoms with Crippen molar-refractivity contribution in [3.05, 3.63) is 34.9 Å². The number of urea groups is 1. The number of hydrogen-bond donors (Lipinski definition) is 2. The SMILES string of the molecule is N=C(Cc1ccccc1Cl)N(CC1CCCCCC1)C(=O)[NH2+]CC(F)(F)F. The van der Waals surface area contributed by atoms with Crippen molar-refractivity contribution in [1.82, 2.24) is 4.90 Å². The van der Waals surface area contributed by atoms with E-state index in [2.05, 4.69) is 0 Å². The van der Waals surface area contributed by atoms with Crippen LogP contribution in [0.15, 0.2) is 24.3 Å². The molecule has 1 aliphatic rings. The molecule has 0 radical (unpaired) electrons. The van der Waals surface area contributed by atoms with E-state index in [-0.39, 0.29) is 24.7 Å². The van der Waals surface area contributed by atoms with Gasteiger partial charge in [0.1, 0.15) is 5.84 Å². The highest BCUT2D eigenvalue weighted by molar-refractivity contribution is 6.31. The first-order valence-corrected chi connectivity index (χ1v) is 9.66. The van der Waals surface area contributed by atoms with Crippen LogP contribution >= 0.6 is 11.6 Å². The van der Waals surface area contributed by atoms with Crippen molar-refractivity contribution in [3.63, 3.8) is 0 Å². The highest BCUT2D eigenvalue weighted by Crippen LogP contribution is 2.24. The van der Waals surface area contributed by atoms with E-state index in [9.17, 15) is 18.0 Å². The largest absolute Gasteiger partial charge is 0.438 e. The number of amidine groups is 1. The lowest BCUT2D eigenvalue weighted by Crippen LogP contribution is -2.93. The van der Waals surface area contributed by atoms with E-state index in [0.29, 0.717) is 15.9 Å². The first-order chi connectivity index (χ1) is 12.8. The highest BCUT2D eigenvalue weighted by atomic mass is 35.5. The summed E-state index contributed by atoms with van der Waals surface area (Å²) in [6, 6.07) is 6.23. The lowest BCUT2D eigenvalue weighted by molar-refractivity contribution is -0.590. The van der Waals surface area contributed by atoms with Crippen LogP contribution in [0.25, 0.3) is 0 Å². The number of nitrogens with two attached hydrogens (primary N) is 1. The van der Waals surface area contributed by atoms with Crippen LogP contribution in [0.3, 0.4) is 0 Å². The number of carbonyl (C=O) groups excluding carboxylic acids is 1. The number of carbonyl (C=O) groups is 1. The second-order valence-electron chi connectivity index (χ2n) is 7.04. The molecule has 1 aliphatic carbocycles. The van der Waals surface area contributed by atoms with Gasteiger partial charge >= 0.3 is 12.2 Å². The predicted molar refractivity (Wildman–Crippen MR) is 99.0 cm³/mol. The van der Waals surface area contributed by atoms with Gasteiger partial charge in [0, 0.05) is 18.0 Å². The minimum Gasteiger partial charge on any atom is -0.288 e. The van der Waals surface area contributed by atoms with Gasteiger partial charge < -0.3 is 0 Å². The first-order valence-electron chi connectivity index (χ1n) is 9.28. The fraction of sp³-hybridized carbons (Fsp3) is 0.579. The molecule has 4 nitrogen and oxygen atoms in total. The Balaban J connectivity index is 2.10. The third-order valence-corrected chi connectivity index (χ3v) is 5.20. The number of benzene rings is 1. The number of rotatable bonds is 5. The molecule has 1 aromatic carbocycles. The highest BCUT2D eigenvalue weighted by Gasteiger charge is 2.34. The number of primary amides is 1. The van der Waals surface area contributed by atoms with Gasteiger partial charge in [-0.3, -0.25) is 10.7 Å². The third-order valence-electron chi connectivity index (χ3n) is 4.83. The van der Waals surface area contributed by atoms with Crippen molar-refractivity contribution < 1.29 is 23.3 Å². The number of alkyl halides is 3. The minimum atomic E-state index is -4.44. The summed E-state index contributed by atoms with van der Waals surface area (Å²) in [6.45, 7) is -0.997. The van der Waals surface area contributed by atoms with Crippen molar-refractivity contribution in [2.45, 2.75) is 51.1 Å². The molecule has 0 atom stereocenters. The Morgan fingerprint density at radius 3 is 2.41 bits per heavy atom. The van der Waals surface area contributed by atoms with Crippen LogP contribution in [0.1, 0.15) is 44.1 Å². The Morgan fingerprint density at radius 1 is 1.19 bits per heavy atom. The Kier molecular flexibility index (Phi) is 8.10. The van der Waals surface area contributed by atoms with Crippen LogP contribution in [-0.2, 0) is 6.42 Å². The van der Waals surface area contributed by atoms with Gasteiger partial charge in [0.2, 0.25) is 0 Å². The van der Waals surface area contributed by atoms with Crippen molar-refractivity contribution in [2.75, 3.05) is 13.1 Å². The Bertz CT molecular complexity index is 643. The molecule has 3 N–H and O–H groups in total. The summed E-state index contributed by atoms with van der Waals surface area (Å²) in [5, 5.41) is 9.48. The monoisotopic (exact) mass is 404 g/mol. The van der Waals surface area contributed by atoms with Crippen molar-refractivity contribution >= 4 is 23.5 Å². The summed E-state index contributed by atoms with van der Waals surface area (Å²) >= 11 is 6.13. The second kappa shape index (κ2) is 10.1. The van der Waals surface area contributed by atoms with Gasteiger partial charge in [0.25, 0.3) is 0 Å². The van der Waals surface area contributed by atoms with E-state index >= 15 is 0 Å². The van der Waals surface area contributed by atoms with Crippen molar-refractivity contribution in [2.24, 2.45) is 5.92 Å². The van der Waals surface area contributed by atoms with Gasteiger partial charge in [0.15, 0.2) is 6.54 Å². The number of hydrogen-bond acceptors (Lipinski definition) is 2. The van der Waals surface area contributed by atoms with E-state index in [1.54, 1.807) is 24.3 Å². The molecule has 0 bridgehead atoms. The van der Waals surface area contributed by atoms with Crippen LogP contribution in [0.4, 0.5) is 18.0 Å². The van der Waals surface area contributed by atoms with E-state index < -0.39 is 18.8 Å². The lowest BCUT2D eigenvalue weighted by atomic mass is 9.99. The average Bonchev–Trinajstić information content (AvgIpc) is 2.87. The molecule has 8 heteroatoms. The van der Waals surface area contributed by atoms with Crippen molar-refractivity contribution in [1.29, 1.82) is 5.41 Å². The Morgan fingerprint density at radius 2 is 1.81 bits per heavy atom. The standard InChI is InChI=1S/C19H25ClF3N3O/c20-16-10-6-5-9-15(16)11-17(24)26(18(27)25-13-19(21,22)23)12-14-7-3-1-2-4-8-14/h5-6,9-10,14,24H,1-4,7-8,11-13H2,(H,25,27)/p+1. The second-order valence-corrected chi connectivity index (χ2v) is 7.45. The summed E-state index contributed by atoms with van der Waals surface area (Å²) in [5.41, 5.74) is 0.679. The fourth-order valence-electron chi connectivity index (χ4n) is 3.37.